The van der Waals surface area contributed by atoms with E-state index in [1.807, 2.05) is 31.2 Å². The zero-order valence-corrected chi connectivity index (χ0v) is 14.8. The van der Waals surface area contributed by atoms with Gasteiger partial charge in [-0.25, -0.2) is 4.79 Å². The molecule has 0 N–H and O–H groups in total. The molecule has 6 heteroatoms. The molecule has 0 aliphatic carbocycles. The first kappa shape index (κ1) is 17.8. The van der Waals surface area contributed by atoms with E-state index in [9.17, 15) is 9.59 Å². The Morgan fingerprint density at radius 1 is 1.04 bits per heavy atom. The quantitative estimate of drug-likeness (QED) is 0.745. The normalized spacial score (nSPS) is 15.3. The number of methoxy groups -OCH3 is 1. The van der Waals surface area contributed by atoms with Crippen molar-refractivity contribution < 1.29 is 23.8 Å². The van der Waals surface area contributed by atoms with Crippen LogP contribution in [0.25, 0.3) is 0 Å². The molecule has 0 saturated carbocycles. The molecule has 2 aromatic carbocycles. The SMILES string of the molecule is COc1ccc(OCC(=O)OCC(=O)N2c3ccccc3C[C@@H]2C)cc1. The van der Waals surface area contributed by atoms with Gasteiger partial charge in [-0.3, -0.25) is 4.79 Å². The van der Waals surface area contributed by atoms with Crippen molar-refractivity contribution in [1.29, 1.82) is 0 Å². The number of rotatable bonds is 6. The Kier molecular flexibility index (Phi) is 5.41. The molecule has 0 aromatic heterocycles. The number of fused-ring (bicyclic) bond motifs is 1. The van der Waals surface area contributed by atoms with Gasteiger partial charge in [0.05, 0.1) is 7.11 Å². The second-order valence-electron chi connectivity index (χ2n) is 6.07. The summed E-state index contributed by atoms with van der Waals surface area (Å²) in [5.74, 6) is 0.399. The summed E-state index contributed by atoms with van der Waals surface area (Å²) in [6, 6.07) is 14.7. The Bertz CT molecular complexity index is 787. The van der Waals surface area contributed by atoms with Crippen molar-refractivity contribution >= 4 is 17.6 Å². The van der Waals surface area contributed by atoms with Gasteiger partial charge < -0.3 is 19.1 Å². The molecule has 0 unspecified atom stereocenters. The highest BCUT2D eigenvalue weighted by molar-refractivity contribution is 5.97. The summed E-state index contributed by atoms with van der Waals surface area (Å²) < 4.78 is 15.5. The van der Waals surface area contributed by atoms with E-state index in [1.54, 1.807) is 36.3 Å². The van der Waals surface area contributed by atoms with E-state index < -0.39 is 5.97 Å². The van der Waals surface area contributed by atoms with E-state index in [4.69, 9.17) is 14.2 Å². The minimum absolute atomic E-state index is 0.0501. The molecule has 1 aliphatic heterocycles. The zero-order valence-electron chi connectivity index (χ0n) is 14.8. The second kappa shape index (κ2) is 7.91. The molecule has 0 radical (unpaired) electrons. The number of anilines is 1. The van der Waals surface area contributed by atoms with Gasteiger partial charge in [0.25, 0.3) is 5.91 Å². The van der Waals surface area contributed by atoms with Gasteiger partial charge in [-0.2, -0.15) is 0 Å². The number of esters is 1. The van der Waals surface area contributed by atoms with Crippen LogP contribution in [0, 0.1) is 0 Å². The summed E-state index contributed by atoms with van der Waals surface area (Å²) in [6.45, 7) is 1.42. The molecular formula is C20H21NO5. The smallest absolute Gasteiger partial charge is 0.344 e. The molecule has 1 heterocycles. The van der Waals surface area contributed by atoms with E-state index in [1.165, 1.54) is 0 Å². The van der Waals surface area contributed by atoms with Crippen molar-refractivity contribution in [1.82, 2.24) is 0 Å². The molecule has 1 atom stereocenters. The molecule has 6 nitrogen and oxygen atoms in total. The summed E-state index contributed by atoms with van der Waals surface area (Å²) in [6.07, 6.45) is 0.802. The maximum Gasteiger partial charge on any atom is 0.344 e. The third-order valence-corrected chi connectivity index (χ3v) is 4.25. The zero-order chi connectivity index (χ0) is 18.5. The summed E-state index contributed by atoms with van der Waals surface area (Å²) in [5, 5.41) is 0. The third-order valence-electron chi connectivity index (χ3n) is 4.25. The van der Waals surface area contributed by atoms with Crippen LogP contribution >= 0.6 is 0 Å². The third kappa shape index (κ3) is 3.96. The van der Waals surface area contributed by atoms with Crippen molar-refractivity contribution in [2.45, 2.75) is 19.4 Å². The molecule has 1 aliphatic rings. The maximum atomic E-state index is 12.5. The summed E-state index contributed by atoms with van der Waals surface area (Å²) >= 11 is 0. The Balaban J connectivity index is 1.49. The van der Waals surface area contributed by atoms with Crippen LogP contribution in [0.3, 0.4) is 0 Å². The largest absolute Gasteiger partial charge is 0.497 e. The number of ether oxygens (including phenoxy) is 3. The minimum Gasteiger partial charge on any atom is -0.497 e. The number of hydrogen-bond donors (Lipinski definition) is 0. The van der Waals surface area contributed by atoms with Crippen LogP contribution in [0.15, 0.2) is 48.5 Å². The van der Waals surface area contributed by atoms with Crippen LogP contribution in [0.1, 0.15) is 12.5 Å². The van der Waals surface area contributed by atoms with Gasteiger partial charge in [-0.1, -0.05) is 18.2 Å². The summed E-state index contributed by atoms with van der Waals surface area (Å²) in [7, 11) is 1.57. The number of amides is 1. The predicted octanol–water partition coefficient (Wildman–Crippen LogP) is 2.60. The van der Waals surface area contributed by atoms with Gasteiger partial charge in [0, 0.05) is 11.7 Å². The fourth-order valence-corrected chi connectivity index (χ4v) is 3.01. The Hall–Kier alpha value is -3.02. The van der Waals surface area contributed by atoms with Crippen molar-refractivity contribution in [2.75, 3.05) is 25.2 Å². The monoisotopic (exact) mass is 355 g/mol. The van der Waals surface area contributed by atoms with Crippen molar-refractivity contribution in [3.05, 3.63) is 54.1 Å². The van der Waals surface area contributed by atoms with Crippen LogP contribution in [0.2, 0.25) is 0 Å². The molecule has 0 saturated heterocycles. The van der Waals surface area contributed by atoms with E-state index in [-0.39, 0.29) is 25.2 Å². The number of carbonyl (C=O) groups is 2. The van der Waals surface area contributed by atoms with Crippen LogP contribution in [0.5, 0.6) is 11.5 Å². The molecule has 0 spiro atoms. The molecule has 0 bridgehead atoms. The number of para-hydroxylation sites is 1. The van der Waals surface area contributed by atoms with E-state index >= 15 is 0 Å². The molecular weight excluding hydrogens is 334 g/mol. The van der Waals surface area contributed by atoms with E-state index in [0.29, 0.717) is 11.5 Å². The lowest BCUT2D eigenvalue weighted by molar-refractivity contribution is -0.149. The van der Waals surface area contributed by atoms with Gasteiger partial charge in [0.15, 0.2) is 13.2 Å². The number of benzene rings is 2. The van der Waals surface area contributed by atoms with Crippen LogP contribution in [0.4, 0.5) is 5.69 Å². The van der Waals surface area contributed by atoms with Gasteiger partial charge in [0.1, 0.15) is 11.5 Å². The first-order valence-corrected chi connectivity index (χ1v) is 8.41. The van der Waals surface area contributed by atoms with Crippen LogP contribution < -0.4 is 14.4 Å². The molecule has 1 amide bonds. The lowest BCUT2D eigenvalue weighted by Crippen LogP contribution is -2.39. The van der Waals surface area contributed by atoms with Crippen molar-refractivity contribution in [3.63, 3.8) is 0 Å². The Morgan fingerprint density at radius 2 is 1.73 bits per heavy atom. The molecule has 3 rings (SSSR count). The van der Waals surface area contributed by atoms with Gasteiger partial charge in [-0.15, -0.1) is 0 Å². The summed E-state index contributed by atoms with van der Waals surface area (Å²) in [5.41, 5.74) is 2.01. The predicted molar refractivity (Wildman–Crippen MR) is 96.5 cm³/mol. The molecule has 0 fully saturated rings. The lowest BCUT2D eigenvalue weighted by atomic mass is 10.1. The highest BCUT2D eigenvalue weighted by Gasteiger charge is 2.30. The summed E-state index contributed by atoms with van der Waals surface area (Å²) in [4.78, 5) is 26.0. The Morgan fingerprint density at radius 3 is 2.46 bits per heavy atom. The second-order valence-corrected chi connectivity index (χ2v) is 6.07. The molecule has 2 aromatic rings. The Labute approximate surface area is 152 Å². The van der Waals surface area contributed by atoms with Gasteiger partial charge in [0.2, 0.25) is 0 Å². The standard InChI is InChI=1S/C20H21NO5/c1-14-11-15-5-3-4-6-18(15)21(14)19(22)12-26-20(23)13-25-17-9-7-16(24-2)8-10-17/h3-10,14H,11-13H2,1-2H3/t14-/m0/s1. The highest BCUT2D eigenvalue weighted by Crippen LogP contribution is 2.31. The first-order valence-electron chi connectivity index (χ1n) is 8.41. The van der Waals surface area contributed by atoms with Crippen LogP contribution in [-0.2, 0) is 20.7 Å². The first-order chi connectivity index (χ1) is 12.6. The average molecular weight is 355 g/mol. The van der Waals surface area contributed by atoms with Crippen LogP contribution in [-0.4, -0.2) is 38.2 Å². The average Bonchev–Trinajstić information content (AvgIpc) is 3.00. The minimum atomic E-state index is -0.589. The van der Waals surface area contributed by atoms with Crippen molar-refractivity contribution in [2.24, 2.45) is 0 Å². The number of nitrogens with zero attached hydrogens (tertiary/aromatic N) is 1. The van der Waals surface area contributed by atoms with Gasteiger partial charge in [-0.05, 0) is 49.2 Å². The van der Waals surface area contributed by atoms with Gasteiger partial charge >= 0.3 is 5.97 Å². The van der Waals surface area contributed by atoms with E-state index in [0.717, 1.165) is 17.7 Å². The lowest BCUT2D eigenvalue weighted by Gasteiger charge is -2.22. The van der Waals surface area contributed by atoms with Crippen molar-refractivity contribution in [3.8, 4) is 11.5 Å². The topological polar surface area (TPSA) is 65.1 Å². The number of carbonyl (C=O) groups excluding carboxylic acids is 2. The molecule has 26 heavy (non-hydrogen) atoms. The fraction of sp³-hybridized carbons (Fsp3) is 0.300. The van der Waals surface area contributed by atoms with E-state index in [2.05, 4.69) is 0 Å². The molecule has 136 valence electrons. The fourth-order valence-electron chi connectivity index (χ4n) is 3.01. The highest BCUT2D eigenvalue weighted by atomic mass is 16.6. The number of hydrogen-bond acceptors (Lipinski definition) is 5. The maximum absolute atomic E-state index is 12.5.